The van der Waals surface area contributed by atoms with E-state index in [-0.39, 0.29) is 5.56 Å². The van der Waals surface area contributed by atoms with Gasteiger partial charge in [-0.1, -0.05) is 60.2 Å². The molecule has 2 bridgehead atoms. The van der Waals surface area contributed by atoms with Gasteiger partial charge in [-0.3, -0.25) is 0 Å². The average molecular weight is 529 g/mol. The van der Waals surface area contributed by atoms with E-state index >= 15 is 0 Å². The van der Waals surface area contributed by atoms with Gasteiger partial charge >= 0.3 is 17.9 Å². The van der Waals surface area contributed by atoms with Crippen LogP contribution in [-0.4, -0.2) is 54.7 Å². The van der Waals surface area contributed by atoms with Crippen LogP contribution < -0.4 is 0 Å². The Morgan fingerprint density at radius 1 is 0.641 bits per heavy atom. The van der Waals surface area contributed by atoms with E-state index in [1.54, 1.807) is 91.0 Å². The Bertz CT molecular complexity index is 1320. The lowest BCUT2D eigenvalue weighted by Crippen LogP contribution is -2.59. The van der Waals surface area contributed by atoms with Crippen molar-refractivity contribution in [2.24, 2.45) is 0 Å². The van der Waals surface area contributed by atoms with E-state index in [0.717, 1.165) is 5.57 Å². The number of fused-ring (bicyclic) bond motifs is 2. The van der Waals surface area contributed by atoms with Gasteiger partial charge in [-0.05, 0) is 49.7 Å². The van der Waals surface area contributed by atoms with Gasteiger partial charge < -0.3 is 23.7 Å². The molecule has 3 aromatic carbocycles. The van der Waals surface area contributed by atoms with Gasteiger partial charge in [0.05, 0.1) is 22.8 Å². The lowest BCUT2D eigenvalue weighted by atomic mass is 9.94. The molecule has 5 rings (SSSR count). The van der Waals surface area contributed by atoms with Gasteiger partial charge in [-0.2, -0.15) is 0 Å². The van der Waals surface area contributed by atoms with Crippen molar-refractivity contribution in [3.8, 4) is 0 Å². The summed E-state index contributed by atoms with van der Waals surface area (Å²) >= 11 is 0. The molecule has 0 radical (unpaired) electrons. The smallest absolute Gasteiger partial charge is 0.338 e. The Balaban J connectivity index is 1.51. The molecule has 2 fully saturated rings. The Morgan fingerprint density at radius 3 is 1.49 bits per heavy atom. The zero-order chi connectivity index (χ0) is 27.4. The van der Waals surface area contributed by atoms with E-state index in [0.29, 0.717) is 17.5 Å². The van der Waals surface area contributed by atoms with E-state index in [1.807, 2.05) is 6.92 Å². The highest BCUT2D eigenvalue weighted by atomic mass is 16.8. The molecule has 6 atom stereocenters. The van der Waals surface area contributed by atoms with E-state index < -0.39 is 54.7 Å². The first-order chi connectivity index (χ1) is 18.9. The number of benzene rings is 3. The molecule has 0 aliphatic carbocycles. The van der Waals surface area contributed by atoms with Crippen LogP contribution in [-0.2, 0) is 23.7 Å². The van der Waals surface area contributed by atoms with Crippen molar-refractivity contribution in [2.45, 2.75) is 50.2 Å². The van der Waals surface area contributed by atoms with Crippen LogP contribution in [0.4, 0.5) is 0 Å². The lowest BCUT2D eigenvalue weighted by Gasteiger charge is -2.39. The maximum atomic E-state index is 13.2. The largest absolute Gasteiger partial charge is 0.452 e. The molecule has 2 aliphatic rings. The fraction of sp³-hybridized carbons (Fsp3) is 0.258. The van der Waals surface area contributed by atoms with Crippen LogP contribution in [0.1, 0.15) is 44.4 Å². The molecule has 0 amide bonds. The molecule has 8 heteroatoms. The monoisotopic (exact) mass is 528 g/mol. The predicted molar refractivity (Wildman–Crippen MR) is 140 cm³/mol. The minimum atomic E-state index is -1.22. The van der Waals surface area contributed by atoms with Crippen LogP contribution in [0.2, 0.25) is 0 Å². The van der Waals surface area contributed by atoms with Crippen LogP contribution >= 0.6 is 0 Å². The van der Waals surface area contributed by atoms with Gasteiger partial charge in [0.2, 0.25) is 0 Å². The maximum Gasteiger partial charge on any atom is 0.338 e. The quantitative estimate of drug-likeness (QED) is 0.235. The zero-order valence-corrected chi connectivity index (χ0v) is 21.3. The second-order valence-corrected chi connectivity index (χ2v) is 9.51. The van der Waals surface area contributed by atoms with E-state index in [9.17, 15) is 14.4 Å². The van der Waals surface area contributed by atoms with Crippen molar-refractivity contribution < 1.29 is 38.1 Å². The number of ether oxygens (including phenoxy) is 5. The summed E-state index contributed by atoms with van der Waals surface area (Å²) < 4.78 is 30.0. The molecule has 0 N–H and O–H groups in total. The molecule has 0 aromatic heterocycles. The summed E-state index contributed by atoms with van der Waals surface area (Å²) in [5.41, 5.74) is 1.71. The maximum absolute atomic E-state index is 13.2. The first kappa shape index (κ1) is 26.3. The fourth-order valence-electron chi connectivity index (χ4n) is 4.69. The SMILES string of the molecule is C=C(C)C[C@@H]1O[C@@H]2O[C@H]1[C@@H](OC(=O)c1ccccc1)[C@H](OC(=O)c1ccccc1)[C@H]2OC(=O)c1ccccc1. The van der Waals surface area contributed by atoms with Crippen molar-refractivity contribution in [1.29, 1.82) is 0 Å². The van der Waals surface area contributed by atoms with Crippen LogP contribution in [0.25, 0.3) is 0 Å². The highest BCUT2D eigenvalue weighted by Gasteiger charge is 2.60. The molecule has 0 unspecified atom stereocenters. The van der Waals surface area contributed by atoms with Gasteiger partial charge in [-0.25, -0.2) is 14.4 Å². The summed E-state index contributed by atoms with van der Waals surface area (Å²) in [7, 11) is 0. The third kappa shape index (κ3) is 5.92. The summed E-state index contributed by atoms with van der Waals surface area (Å²) in [4.78, 5) is 39.5. The van der Waals surface area contributed by atoms with Crippen molar-refractivity contribution in [2.75, 3.05) is 0 Å². The Kier molecular flexibility index (Phi) is 7.86. The summed E-state index contributed by atoms with van der Waals surface area (Å²) in [6.07, 6.45) is -5.57. The topological polar surface area (TPSA) is 97.4 Å². The molecule has 39 heavy (non-hydrogen) atoms. The van der Waals surface area contributed by atoms with Crippen LogP contribution in [0.15, 0.2) is 103 Å². The number of rotatable bonds is 8. The van der Waals surface area contributed by atoms with Crippen molar-refractivity contribution in [1.82, 2.24) is 0 Å². The highest BCUT2D eigenvalue weighted by molar-refractivity contribution is 5.91. The highest BCUT2D eigenvalue weighted by Crippen LogP contribution is 2.40. The first-order valence-electron chi connectivity index (χ1n) is 12.6. The molecule has 3 aromatic rings. The predicted octanol–water partition coefficient (Wildman–Crippen LogP) is 4.75. The third-order valence-electron chi connectivity index (χ3n) is 6.51. The Hall–Kier alpha value is -4.27. The number of esters is 3. The van der Waals surface area contributed by atoms with Crippen LogP contribution in [0.3, 0.4) is 0 Å². The van der Waals surface area contributed by atoms with Crippen LogP contribution in [0, 0.1) is 0 Å². The van der Waals surface area contributed by atoms with Crippen LogP contribution in [0.5, 0.6) is 0 Å². The summed E-state index contributed by atoms with van der Waals surface area (Å²) in [5.74, 6) is -1.97. The number of hydrogen-bond donors (Lipinski definition) is 0. The molecule has 200 valence electrons. The lowest BCUT2D eigenvalue weighted by molar-refractivity contribution is -0.228. The number of carbonyl (C=O) groups excluding carboxylic acids is 3. The molecule has 2 saturated heterocycles. The van der Waals surface area contributed by atoms with Crippen molar-refractivity contribution in [3.63, 3.8) is 0 Å². The first-order valence-corrected chi connectivity index (χ1v) is 12.6. The second kappa shape index (κ2) is 11.6. The summed E-state index contributed by atoms with van der Waals surface area (Å²) in [5, 5.41) is 0. The van der Waals surface area contributed by atoms with Gasteiger partial charge in [0.15, 0.2) is 24.6 Å². The number of carbonyl (C=O) groups is 3. The van der Waals surface area contributed by atoms with Crippen molar-refractivity contribution in [3.05, 3.63) is 120 Å². The van der Waals surface area contributed by atoms with Crippen molar-refractivity contribution >= 4 is 17.9 Å². The molecule has 8 nitrogen and oxygen atoms in total. The van der Waals surface area contributed by atoms with E-state index in [1.165, 1.54) is 0 Å². The molecule has 0 spiro atoms. The van der Waals surface area contributed by atoms with Gasteiger partial charge in [0, 0.05) is 0 Å². The normalized spacial score (nSPS) is 25.4. The summed E-state index contributed by atoms with van der Waals surface area (Å²) in [6.45, 7) is 5.81. The molecule has 2 heterocycles. The Labute approximate surface area is 226 Å². The zero-order valence-electron chi connectivity index (χ0n) is 21.3. The summed E-state index contributed by atoms with van der Waals surface area (Å²) in [6, 6.07) is 25.2. The fourth-order valence-corrected chi connectivity index (χ4v) is 4.69. The molecule has 0 saturated carbocycles. The minimum absolute atomic E-state index is 0.289. The standard InChI is InChI=1S/C31H28O8/c1-19(2)18-23-24-25(36-28(32)20-12-6-3-7-13-20)26(37-29(33)21-14-8-4-9-15-21)27(31(35-23)39-24)38-30(34)22-16-10-5-11-17-22/h3-17,23-27,31H,1,18H2,2H3/t23-,24+,25+,26-,27+,31+/m0/s1. The molecular formula is C31H28O8. The third-order valence-corrected chi connectivity index (χ3v) is 6.51. The van der Waals surface area contributed by atoms with E-state index in [2.05, 4.69) is 6.58 Å². The van der Waals surface area contributed by atoms with Gasteiger partial charge in [0.25, 0.3) is 0 Å². The Morgan fingerprint density at radius 2 is 1.05 bits per heavy atom. The van der Waals surface area contributed by atoms with E-state index in [4.69, 9.17) is 23.7 Å². The van der Waals surface area contributed by atoms with Gasteiger partial charge in [-0.15, -0.1) is 6.58 Å². The molecule has 2 aliphatic heterocycles. The number of hydrogen-bond acceptors (Lipinski definition) is 8. The minimum Gasteiger partial charge on any atom is -0.452 e. The average Bonchev–Trinajstić information content (AvgIpc) is 3.32. The second-order valence-electron chi connectivity index (χ2n) is 9.51. The van der Waals surface area contributed by atoms with Gasteiger partial charge in [0.1, 0.15) is 6.10 Å². The molecular weight excluding hydrogens is 500 g/mol.